The van der Waals surface area contributed by atoms with E-state index in [2.05, 4.69) is 47.1 Å². The number of aliphatic carboxylic acids is 1. The van der Waals surface area contributed by atoms with Crippen molar-refractivity contribution in [3.63, 3.8) is 0 Å². The van der Waals surface area contributed by atoms with E-state index in [0.717, 1.165) is 28.0 Å². The fraction of sp³-hybridized carbons (Fsp3) is 0.286. The second-order valence-corrected chi connectivity index (χ2v) is 6.87. The van der Waals surface area contributed by atoms with Crippen LogP contribution in [0.1, 0.15) is 18.4 Å². The number of carboxylic acid groups (broad SMARTS) is 1. The van der Waals surface area contributed by atoms with Crippen molar-refractivity contribution < 1.29 is 9.90 Å². The molecule has 2 aromatic heterocycles. The number of pyridine rings is 2. The maximum Gasteiger partial charge on any atom is 0.306 e. The topological polar surface area (TPSA) is 66.3 Å². The van der Waals surface area contributed by atoms with E-state index < -0.39 is 5.97 Å². The third-order valence-corrected chi connectivity index (χ3v) is 5.03. The van der Waals surface area contributed by atoms with Crippen LogP contribution in [0.3, 0.4) is 0 Å². The number of hydrogen-bond donors (Lipinski definition) is 1. The van der Waals surface area contributed by atoms with Crippen molar-refractivity contribution in [1.82, 2.24) is 9.97 Å². The second kappa shape index (κ2) is 6.75. The standard InChI is InChI=1S/C21H21N3O2/c1-14-4-2-5-16(12-14)20-19-17(6-3-9-22-19)13-18(23-20)24-10-7-15(8-11-24)21(25)26/h2-6,9,12-13,15H,7-8,10-11H2,1H3,(H,25,26). The summed E-state index contributed by atoms with van der Waals surface area (Å²) >= 11 is 0. The number of benzene rings is 1. The number of fused-ring (bicyclic) bond motifs is 1. The van der Waals surface area contributed by atoms with E-state index in [0.29, 0.717) is 25.9 Å². The summed E-state index contributed by atoms with van der Waals surface area (Å²) in [5, 5.41) is 10.3. The molecule has 0 amide bonds. The molecule has 0 atom stereocenters. The maximum atomic E-state index is 11.2. The molecule has 3 aromatic rings. The van der Waals surface area contributed by atoms with Gasteiger partial charge < -0.3 is 10.0 Å². The Bertz CT molecular complexity index is 962. The molecule has 0 unspecified atom stereocenters. The van der Waals surface area contributed by atoms with Crippen molar-refractivity contribution in [2.75, 3.05) is 18.0 Å². The highest BCUT2D eigenvalue weighted by molar-refractivity contribution is 5.93. The summed E-state index contributed by atoms with van der Waals surface area (Å²) < 4.78 is 0. The third kappa shape index (κ3) is 3.12. The van der Waals surface area contributed by atoms with Gasteiger partial charge in [0.25, 0.3) is 0 Å². The Hall–Kier alpha value is -2.95. The molecule has 1 fully saturated rings. The van der Waals surface area contributed by atoms with Crippen molar-refractivity contribution in [1.29, 1.82) is 0 Å². The highest BCUT2D eigenvalue weighted by Crippen LogP contribution is 2.31. The Balaban J connectivity index is 1.76. The average molecular weight is 347 g/mol. The molecule has 0 aliphatic carbocycles. The van der Waals surface area contributed by atoms with Crippen molar-refractivity contribution in [2.24, 2.45) is 5.92 Å². The molecular weight excluding hydrogens is 326 g/mol. The van der Waals surface area contributed by atoms with Crippen LogP contribution in [0.15, 0.2) is 48.7 Å². The molecule has 0 spiro atoms. The van der Waals surface area contributed by atoms with Crippen LogP contribution in [-0.2, 0) is 4.79 Å². The number of aryl methyl sites for hydroxylation is 1. The molecule has 1 aliphatic heterocycles. The number of hydrogen-bond acceptors (Lipinski definition) is 4. The van der Waals surface area contributed by atoms with Crippen LogP contribution >= 0.6 is 0 Å². The first-order chi connectivity index (χ1) is 12.6. The van der Waals surface area contributed by atoms with Crippen LogP contribution in [0, 0.1) is 12.8 Å². The van der Waals surface area contributed by atoms with E-state index >= 15 is 0 Å². The molecule has 0 radical (unpaired) electrons. The average Bonchev–Trinajstić information content (AvgIpc) is 2.67. The van der Waals surface area contributed by atoms with Gasteiger partial charge in [0.1, 0.15) is 5.82 Å². The molecule has 0 saturated carbocycles. The summed E-state index contributed by atoms with van der Waals surface area (Å²) in [6.45, 7) is 3.49. The number of rotatable bonds is 3. The van der Waals surface area contributed by atoms with Gasteiger partial charge in [-0.1, -0.05) is 29.8 Å². The van der Waals surface area contributed by atoms with Gasteiger partial charge in [-0.05, 0) is 38.0 Å². The van der Waals surface area contributed by atoms with Gasteiger partial charge in [-0.25, -0.2) is 4.98 Å². The van der Waals surface area contributed by atoms with Gasteiger partial charge in [0, 0.05) is 30.2 Å². The zero-order valence-electron chi connectivity index (χ0n) is 14.7. The number of anilines is 1. The normalized spacial score (nSPS) is 15.3. The number of carboxylic acids is 1. The first-order valence-corrected chi connectivity index (χ1v) is 8.92. The van der Waals surface area contributed by atoms with Crippen molar-refractivity contribution in [3.8, 4) is 11.3 Å². The number of piperidine rings is 1. The summed E-state index contributed by atoms with van der Waals surface area (Å²) in [5.41, 5.74) is 4.00. The minimum absolute atomic E-state index is 0.246. The largest absolute Gasteiger partial charge is 0.481 e. The fourth-order valence-electron chi connectivity index (χ4n) is 3.58. The molecule has 1 aliphatic rings. The van der Waals surface area contributed by atoms with E-state index in [1.165, 1.54) is 5.56 Å². The Morgan fingerprint density at radius 3 is 2.69 bits per heavy atom. The minimum atomic E-state index is -0.694. The second-order valence-electron chi connectivity index (χ2n) is 6.87. The van der Waals surface area contributed by atoms with Gasteiger partial charge in [-0.3, -0.25) is 9.78 Å². The lowest BCUT2D eigenvalue weighted by molar-refractivity contribution is -0.142. The Morgan fingerprint density at radius 2 is 1.96 bits per heavy atom. The van der Waals surface area contributed by atoms with E-state index in [1.54, 1.807) is 6.20 Å². The van der Waals surface area contributed by atoms with Gasteiger partial charge in [0.15, 0.2) is 0 Å². The molecule has 1 N–H and O–H groups in total. The quantitative estimate of drug-likeness (QED) is 0.778. The summed E-state index contributed by atoms with van der Waals surface area (Å²) in [7, 11) is 0. The van der Waals surface area contributed by atoms with Gasteiger partial charge in [-0.2, -0.15) is 0 Å². The first-order valence-electron chi connectivity index (χ1n) is 8.92. The summed E-state index contributed by atoms with van der Waals surface area (Å²) in [5.74, 6) is -0.0452. The first kappa shape index (κ1) is 16.5. The Kier molecular flexibility index (Phi) is 4.29. The van der Waals surface area contributed by atoms with Gasteiger partial charge in [0.05, 0.1) is 17.1 Å². The lowest BCUT2D eigenvalue weighted by Crippen LogP contribution is -2.36. The smallest absolute Gasteiger partial charge is 0.306 e. The fourth-order valence-corrected chi connectivity index (χ4v) is 3.58. The van der Waals surface area contributed by atoms with Crippen LogP contribution in [0.2, 0.25) is 0 Å². The Morgan fingerprint density at radius 1 is 1.15 bits per heavy atom. The van der Waals surface area contributed by atoms with Crippen LogP contribution in [0.5, 0.6) is 0 Å². The minimum Gasteiger partial charge on any atom is -0.481 e. The molecule has 4 rings (SSSR count). The van der Waals surface area contributed by atoms with Crippen LogP contribution in [0.25, 0.3) is 22.2 Å². The third-order valence-electron chi connectivity index (χ3n) is 5.03. The molecule has 5 nitrogen and oxygen atoms in total. The monoisotopic (exact) mass is 347 g/mol. The summed E-state index contributed by atoms with van der Waals surface area (Å²) in [6.07, 6.45) is 3.10. The predicted octanol–water partition coefficient (Wildman–Crippen LogP) is 3.91. The molecular formula is C21H21N3O2. The van der Waals surface area contributed by atoms with Crippen LogP contribution in [0.4, 0.5) is 5.82 Å². The Labute approximate surface area is 152 Å². The molecule has 0 bridgehead atoms. The zero-order chi connectivity index (χ0) is 18.1. The van der Waals surface area contributed by atoms with Gasteiger partial charge in [-0.15, -0.1) is 0 Å². The zero-order valence-corrected chi connectivity index (χ0v) is 14.7. The van der Waals surface area contributed by atoms with Gasteiger partial charge >= 0.3 is 5.97 Å². The van der Waals surface area contributed by atoms with Crippen LogP contribution < -0.4 is 4.90 Å². The van der Waals surface area contributed by atoms with E-state index in [1.807, 2.05) is 12.1 Å². The SMILES string of the molecule is Cc1cccc(-c2nc(N3CCC(C(=O)O)CC3)cc3cccnc23)c1. The highest BCUT2D eigenvalue weighted by Gasteiger charge is 2.25. The van der Waals surface area contributed by atoms with Crippen LogP contribution in [-0.4, -0.2) is 34.1 Å². The number of aromatic nitrogens is 2. The predicted molar refractivity (Wildman–Crippen MR) is 102 cm³/mol. The number of nitrogens with zero attached hydrogens (tertiary/aromatic N) is 3. The molecule has 3 heterocycles. The highest BCUT2D eigenvalue weighted by atomic mass is 16.4. The van der Waals surface area contributed by atoms with E-state index in [-0.39, 0.29) is 5.92 Å². The van der Waals surface area contributed by atoms with Crippen molar-refractivity contribution in [3.05, 3.63) is 54.2 Å². The molecule has 26 heavy (non-hydrogen) atoms. The molecule has 1 aromatic carbocycles. The maximum absolute atomic E-state index is 11.2. The van der Waals surface area contributed by atoms with Crippen molar-refractivity contribution >= 4 is 22.7 Å². The lowest BCUT2D eigenvalue weighted by Gasteiger charge is -2.31. The molecule has 5 heteroatoms. The summed E-state index contributed by atoms with van der Waals surface area (Å²) in [4.78, 5) is 22.9. The van der Waals surface area contributed by atoms with Crippen molar-refractivity contribution in [2.45, 2.75) is 19.8 Å². The molecule has 1 saturated heterocycles. The molecule has 132 valence electrons. The summed E-state index contributed by atoms with van der Waals surface area (Å²) in [6, 6.07) is 14.3. The van der Waals surface area contributed by atoms with E-state index in [9.17, 15) is 9.90 Å². The number of carbonyl (C=O) groups is 1. The van der Waals surface area contributed by atoms with Gasteiger partial charge in [0.2, 0.25) is 0 Å². The van der Waals surface area contributed by atoms with E-state index in [4.69, 9.17) is 4.98 Å². The lowest BCUT2D eigenvalue weighted by atomic mass is 9.97.